The van der Waals surface area contributed by atoms with Crippen LogP contribution in [0.2, 0.25) is 6.32 Å². The Labute approximate surface area is 76.3 Å². The zero-order valence-corrected chi connectivity index (χ0v) is 8.73. The Kier molecular flexibility index (Phi) is 6.07. The molecule has 0 saturated heterocycles. The molecule has 0 aliphatic rings. The molecule has 0 atom stereocenters. The SMILES string of the molecule is CC(C)N(CC[B]Cl)C(C)C. The summed E-state index contributed by atoms with van der Waals surface area (Å²) in [6.07, 6.45) is 0.970. The summed E-state index contributed by atoms with van der Waals surface area (Å²) in [6.45, 7) is 11.6. The average molecular weight is 175 g/mol. The van der Waals surface area contributed by atoms with E-state index in [1.54, 1.807) is 6.69 Å². The fourth-order valence-electron chi connectivity index (χ4n) is 1.31. The van der Waals surface area contributed by atoms with Gasteiger partial charge in [0.25, 0.3) is 0 Å². The lowest BCUT2D eigenvalue weighted by Gasteiger charge is -2.30. The van der Waals surface area contributed by atoms with Crippen LogP contribution in [0.15, 0.2) is 0 Å². The molecule has 0 saturated carbocycles. The van der Waals surface area contributed by atoms with Gasteiger partial charge in [0.05, 0.1) is 0 Å². The van der Waals surface area contributed by atoms with Crippen LogP contribution in [-0.2, 0) is 0 Å². The van der Waals surface area contributed by atoms with Crippen molar-refractivity contribution in [3.8, 4) is 0 Å². The average Bonchev–Trinajstić information content (AvgIpc) is 1.87. The Hall–Kier alpha value is 0.315. The third-order valence-corrected chi connectivity index (χ3v) is 2.04. The molecule has 0 aromatic heterocycles. The lowest BCUT2D eigenvalue weighted by Crippen LogP contribution is -2.37. The lowest BCUT2D eigenvalue weighted by molar-refractivity contribution is 0.185. The molecule has 1 radical (unpaired) electrons. The third kappa shape index (κ3) is 4.70. The maximum atomic E-state index is 5.50. The van der Waals surface area contributed by atoms with Gasteiger partial charge in [0, 0.05) is 12.1 Å². The first-order valence-electron chi connectivity index (χ1n) is 4.27. The molecule has 0 fully saturated rings. The molecule has 0 heterocycles. The molecule has 3 heteroatoms. The van der Waals surface area contributed by atoms with E-state index in [0.717, 1.165) is 12.9 Å². The van der Waals surface area contributed by atoms with Crippen LogP contribution in [0.25, 0.3) is 0 Å². The van der Waals surface area contributed by atoms with E-state index in [9.17, 15) is 0 Å². The van der Waals surface area contributed by atoms with Gasteiger partial charge in [-0.15, -0.1) is 0 Å². The van der Waals surface area contributed by atoms with Gasteiger partial charge in [0.2, 0.25) is 6.69 Å². The highest BCUT2D eigenvalue weighted by Crippen LogP contribution is 2.05. The molecular weight excluding hydrogens is 156 g/mol. The van der Waals surface area contributed by atoms with E-state index in [-0.39, 0.29) is 0 Å². The van der Waals surface area contributed by atoms with Gasteiger partial charge in [-0.3, -0.25) is 4.90 Å². The predicted octanol–water partition coefficient (Wildman–Crippen LogP) is 2.38. The van der Waals surface area contributed by atoms with Crippen molar-refractivity contribution in [1.82, 2.24) is 4.90 Å². The highest BCUT2D eigenvalue weighted by Gasteiger charge is 2.11. The maximum Gasteiger partial charge on any atom is 0.239 e. The standard InChI is InChI=1S/C8H18BClN/c1-7(2)11(8(3)4)6-5-9-10/h7-8H,5-6H2,1-4H3. The highest BCUT2D eigenvalue weighted by molar-refractivity contribution is 6.93. The van der Waals surface area contributed by atoms with Gasteiger partial charge >= 0.3 is 0 Å². The number of hydrogen-bond acceptors (Lipinski definition) is 1. The highest BCUT2D eigenvalue weighted by atomic mass is 35.5. The van der Waals surface area contributed by atoms with Crippen LogP contribution in [0.1, 0.15) is 27.7 Å². The first-order chi connectivity index (χ1) is 5.09. The van der Waals surface area contributed by atoms with E-state index in [1.165, 1.54) is 0 Å². The number of nitrogens with zero attached hydrogens (tertiary/aromatic N) is 1. The van der Waals surface area contributed by atoms with Crippen LogP contribution in [0.5, 0.6) is 0 Å². The summed E-state index contributed by atoms with van der Waals surface area (Å²) in [4.78, 5) is 2.43. The lowest BCUT2D eigenvalue weighted by atomic mass is 10.0. The topological polar surface area (TPSA) is 3.24 Å². The van der Waals surface area contributed by atoms with Crippen molar-refractivity contribution in [3.63, 3.8) is 0 Å². The fourth-order valence-corrected chi connectivity index (χ4v) is 1.41. The van der Waals surface area contributed by atoms with Crippen molar-refractivity contribution < 1.29 is 0 Å². The van der Waals surface area contributed by atoms with E-state index in [1.807, 2.05) is 0 Å². The molecule has 0 bridgehead atoms. The van der Waals surface area contributed by atoms with Gasteiger partial charge in [-0.2, -0.15) is 0 Å². The van der Waals surface area contributed by atoms with Crippen molar-refractivity contribution in [3.05, 3.63) is 0 Å². The molecule has 11 heavy (non-hydrogen) atoms. The third-order valence-electron chi connectivity index (χ3n) is 1.82. The molecule has 0 rings (SSSR count). The molecular formula is C8H18BClN. The minimum atomic E-state index is 0.617. The first-order valence-corrected chi connectivity index (χ1v) is 4.70. The smallest absolute Gasteiger partial charge is 0.239 e. The van der Waals surface area contributed by atoms with Crippen LogP contribution >= 0.6 is 11.5 Å². The second-order valence-corrected chi connectivity index (χ2v) is 3.68. The van der Waals surface area contributed by atoms with Crippen LogP contribution in [-0.4, -0.2) is 30.2 Å². The summed E-state index contributed by atoms with van der Waals surface area (Å²) >= 11 is 5.50. The van der Waals surface area contributed by atoms with Gasteiger partial charge in [0.1, 0.15) is 0 Å². The predicted molar refractivity (Wildman–Crippen MR) is 53.4 cm³/mol. The second-order valence-electron chi connectivity index (χ2n) is 3.37. The van der Waals surface area contributed by atoms with Crippen molar-refractivity contribution in [2.45, 2.75) is 46.1 Å². The molecule has 0 aliphatic heterocycles. The van der Waals surface area contributed by atoms with E-state index < -0.39 is 0 Å². The minimum Gasteiger partial charge on any atom is -0.299 e. The monoisotopic (exact) mass is 174 g/mol. The van der Waals surface area contributed by atoms with Crippen LogP contribution in [0, 0.1) is 0 Å². The summed E-state index contributed by atoms with van der Waals surface area (Å²) in [5.74, 6) is 0. The van der Waals surface area contributed by atoms with E-state index in [2.05, 4.69) is 32.6 Å². The molecule has 0 aliphatic carbocycles. The largest absolute Gasteiger partial charge is 0.299 e. The Morgan fingerprint density at radius 1 is 1.18 bits per heavy atom. The van der Waals surface area contributed by atoms with Crippen molar-refractivity contribution in [2.24, 2.45) is 0 Å². The van der Waals surface area contributed by atoms with Crippen LogP contribution < -0.4 is 0 Å². The number of halogens is 1. The summed E-state index contributed by atoms with van der Waals surface area (Å²) in [6, 6.07) is 1.23. The van der Waals surface area contributed by atoms with Gasteiger partial charge in [-0.05, 0) is 34.2 Å². The molecule has 0 aromatic carbocycles. The zero-order valence-electron chi connectivity index (χ0n) is 7.97. The Balaban J connectivity index is 3.70. The Morgan fingerprint density at radius 2 is 1.64 bits per heavy atom. The molecule has 0 amide bonds. The minimum absolute atomic E-state index is 0.617. The van der Waals surface area contributed by atoms with Gasteiger partial charge < -0.3 is 0 Å². The maximum absolute atomic E-state index is 5.50. The van der Waals surface area contributed by atoms with Crippen molar-refractivity contribution >= 4 is 18.2 Å². The van der Waals surface area contributed by atoms with E-state index in [0.29, 0.717) is 12.1 Å². The summed E-state index contributed by atoms with van der Waals surface area (Å²) in [5.41, 5.74) is 0. The quantitative estimate of drug-likeness (QED) is 0.579. The summed E-state index contributed by atoms with van der Waals surface area (Å²) < 4.78 is 0. The summed E-state index contributed by atoms with van der Waals surface area (Å²) in [7, 11) is 0. The molecule has 0 N–H and O–H groups in total. The second kappa shape index (κ2) is 5.90. The van der Waals surface area contributed by atoms with E-state index >= 15 is 0 Å². The summed E-state index contributed by atoms with van der Waals surface area (Å²) in [5, 5.41) is 0. The van der Waals surface area contributed by atoms with Gasteiger partial charge in [0.15, 0.2) is 0 Å². The number of rotatable bonds is 5. The Morgan fingerprint density at radius 3 is 1.91 bits per heavy atom. The molecule has 0 unspecified atom stereocenters. The first kappa shape index (κ1) is 11.3. The van der Waals surface area contributed by atoms with Crippen LogP contribution in [0.4, 0.5) is 0 Å². The zero-order chi connectivity index (χ0) is 8.85. The van der Waals surface area contributed by atoms with Crippen molar-refractivity contribution in [1.29, 1.82) is 0 Å². The fraction of sp³-hybridized carbons (Fsp3) is 1.00. The molecule has 1 nitrogen and oxygen atoms in total. The molecule has 0 aromatic rings. The van der Waals surface area contributed by atoms with Gasteiger partial charge in [-0.1, -0.05) is 6.32 Å². The number of hydrogen-bond donors (Lipinski definition) is 0. The Bertz CT molecular complexity index is 88.1. The normalized spacial score (nSPS) is 11.6. The van der Waals surface area contributed by atoms with Gasteiger partial charge in [-0.25, -0.2) is 11.5 Å². The molecule has 65 valence electrons. The van der Waals surface area contributed by atoms with Crippen LogP contribution in [0.3, 0.4) is 0 Å². The van der Waals surface area contributed by atoms with Crippen molar-refractivity contribution in [2.75, 3.05) is 6.54 Å². The van der Waals surface area contributed by atoms with E-state index in [4.69, 9.17) is 11.5 Å². The molecule has 0 spiro atoms.